The van der Waals surface area contributed by atoms with Crippen molar-refractivity contribution in [1.82, 2.24) is 0 Å². The van der Waals surface area contributed by atoms with Crippen LogP contribution in [0, 0.1) is 20.6 Å². The van der Waals surface area contributed by atoms with Gasteiger partial charge in [-0.3, -0.25) is 0 Å². The van der Waals surface area contributed by atoms with E-state index in [1.807, 2.05) is 102 Å². The molecular weight excluding hydrogens is 733 g/mol. The highest BCUT2D eigenvalue weighted by molar-refractivity contribution is 8.00. The largest absolute Gasteiger partial charge is 0.483 e. The summed E-state index contributed by atoms with van der Waals surface area (Å²) < 4.78 is 114. The average Bonchev–Trinajstić information content (AvgIpc) is 3.20. The second-order valence-corrected chi connectivity index (χ2v) is 20.2. The molecule has 0 fully saturated rings. The van der Waals surface area contributed by atoms with E-state index in [1.54, 1.807) is 30.0 Å². The summed E-state index contributed by atoms with van der Waals surface area (Å²) in [5, 5.41) is 0. The zero-order valence-corrected chi connectivity index (χ0v) is 35.7. The highest BCUT2D eigenvalue weighted by Gasteiger charge is 2.39. The summed E-state index contributed by atoms with van der Waals surface area (Å²) in [6.07, 6.45) is -2.11. The summed E-state index contributed by atoms with van der Waals surface area (Å²) >= 11 is 3.13. The Morgan fingerprint density at radius 2 is 1.12 bits per heavy atom. The van der Waals surface area contributed by atoms with E-state index in [1.165, 1.54) is 43.0 Å². The molecule has 2 aliphatic rings. The van der Waals surface area contributed by atoms with Gasteiger partial charge in [0.25, 0.3) is 0 Å². The molecule has 0 amide bonds. The Bertz CT molecular complexity index is 2770. The van der Waals surface area contributed by atoms with E-state index in [-0.39, 0.29) is 44.5 Å². The van der Waals surface area contributed by atoms with Crippen molar-refractivity contribution in [3.05, 3.63) is 154 Å². The van der Waals surface area contributed by atoms with Gasteiger partial charge in [0.15, 0.2) is 0 Å². The molecule has 0 radical (unpaired) electrons. The lowest BCUT2D eigenvalue weighted by atomic mass is 9.82. The number of ether oxygens (including phenoxy) is 2. The van der Waals surface area contributed by atoms with E-state index in [2.05, 4.69) is 19.9 Å². The average molecular weight is 800 g/mol. The van der Waals surface area contributed by atoms with Gasteiger partial charge >= 0.3 is 0 Å². The van der Waals surface area contributed by atoms with Crippen molar-refractivity contribution in [2.24, 2.45) is 0 Å². The van der Waals surface area contributed by atoms with Crippen molar-refractivity contribution in [3.63, 3.8) is 0 Å². The van der Waals surface area contributed by atoms with E-state index in [0.29, 0.717) is 33.1 Å². The second kappa shape index (κ2) is 14.2. The number of aryl methyl sites for hydroxylation is 2. The number of hydrogen-bond acceptors (Lipinski definition) is 4. The Labute approximate surface area is 365 Å². The summed E-state index contributed by atoms with van der Waals surface area (Å²) in [6, 6.07) is 32.4. The molecule has 0 N–H and O–H groups in total. The molecule has 0 saturated carbocycles. The van der Waals surface area contributed by atoms with Crippen molar-refractivity contribution in [3.8, 4) is 44.9 Å². The molecule has 2 nitrogen and oxygen atoms in total. The van der Waals surface area contributed by atoms with E-state index in [9.17, 15) is 11.0 Å². The Morgan fingerprint density at radius 3 is 1.84 bits per heavy atom. The molecule has 57 heavy (non-hydrogen) atoms. The molecule has 292 valence electrons. The summed E-state index contributed by atoms with van der Waals surface area (Å²) in [7, 11) is 0. The molecule has 4 heteroatoms. The SMILES string of the molecule is [2H]C([2H])([2H])c1ccc(-c2ccc(C([2H])([2H])C)c(-c3cccc4c3OC(C)(C)c3ccccc3SC4(C)C)c2C([2H])([2H])[2H])c(C([2H])([2H])[2H])c1-c1cccc2c1SC(C)(C)c1ccccc1OC2(C)C. The molecule has 0 bridgehead atoms. The Kier molecular flexibility index (Phi) is 6.99. The van der Waals surface area contributed by atoms with Crippen LogP contribution in [0.1, 0.15) is 122 Å². The first-order chi connectivity index (χ1) is 31.3. The fraction of sp³-hybridized carbons (Fsp3) is 0.321. The molecule has 0 unspecified atom stereocenters. The summed E-state index contributed by atoms with van der Waals surface area (Å²) in [5.74, 6) is 1.07. The number of benzene rings is 6. The quantitative estimate of drug-likeness (QED) is 0.177. The lowest BCUT2D eigenvalue weighted by molar-refractivity contribution is 0.103. The molecule has 0 aromatic heterocycles. The number of para-hydroxylation sites is 2. The molecule has 2 aliphatic heterocycles. The first kappa shape index (κ1) is 28.1. The number of hydrogen-bond donors (Lipinski definition) is 0. The lowest BCUT2D eigenvalue weighted by Crippen LogP contribution is -2.30. The molecule has 8 rings (SSSR count). The van der Waals surface area contributed by atoms with Crippen LogP contribution in [0.25, 0.3) is 33.4 Å². The van der Waals surface area contributed by atoms with Crippen molar-refractivity contribution < 1.29 is 24.6 Å². The van der Waals surface area contributed by atoms with Gasteiger partial charge in [-0.05, 0) is 145 Å². The maximum absolute atomic E-state index is 9.35. The molecule has 6 aromatic rings. The number of fused-ring (bicyclic) bond motifs is 4. The molecule has 6 aromatic carbocycles. The third-order valence-electron chi connectivity index (χ3n) is 11.4. The fourth-order valence-corrected chi connectivity index (χ4v) is 11.3. The van der Waals surface area contributed by atoms with Crippen molar-refractivity contribution in [2.45, 2.75) is 120 Å². The highest BCUT2D eigenvalue weighted by Crippen LogP contribution is 2.56. The minimum absolute atomic E-state index is 0.00329. The normalized spacial score (nSPS) is 21.0. The third-order valence-corrected chi connectivity index (χ3v) is 14.0. The van der Waals surface area contributed by atoms with Crippen LogP contribution in [0.2, 0.25) is 0 Å². The predicted octanol–water partition coefficient (Wildman–Crippen LogP) is 15.5. The Morgan fingerprint density at radius 1 is 0.526 bits per heavy atom. The van der Waals surface area contributed by atoms with Gasteiger partial charge in [-0.15, -0.1) is 23.5 Å². The van der Waals surface area contributed by atoms with Crippen LogP contribution >= 0.6 is 23.5 Å². The van der Waals surface area contributed by atoms with E-state index < -0.39 is 47.6 Å². The third kappa shape index (κ3) is 6.71. The van der Waals surface area contributed by atoms with Crippen LogP contribution in [-0.4, -0.2) is 0 Å². The topological polar surface area (TPSA) is 18.5 Å². The number of thioether (sulfide) groups is 2. The van der Waals surface area contributed by atoms with Gasteiger partial charge in [0, 0.05) is 62.2 Å². The minimum Gasteiger partial charge on any atom is -0.483 e. The van der Waals surface area contributed by atoms with Gasteiger partial charge in [-0.1, -0.05) is 104 Å². The fourth-order valence-electron chi connectivity index (χ4n) is 8.44. The summed E-state index contributed by atoms with van der Waals surface area (Å²) in [6.45, 7) is 8.50. The molecule has 0 spiro atoms. The van der Waals surface area contributed by atoms with Crippen LogP contribution in [0.3, 0.4) is 0 Å². The summed E-state index contributed by atoms with van der Waals surface area (Å²) in [4.78, 5) is 1.65. The highest BCUT2D eigenvalue weighted by atomic mass is 32.2. The maximum Gasteiger partial charge on any atom is 0.133 e. The van der Waals surface area contributed by atoms with E-state index >= 15 is 0 Å². The molecule has 0 saturated heterocycles. The molecular formula is C53H56O2S2. The van der Waals surface area contributed by atoms with Crippen LogP contribution < -0.4 is 9.47 Å². The first-order valence-corrected chi connectivity index (χ1v) is 21.0. The Balaban J connectivity index is 1.50. The van der Waals surface area contributed by atoms with Gasteiger partial charge < -0.3 is 9.47 Å². The summed E-state index contributed by atoms with van der Waals surface area (Å²) in [5.41, 5.74) is 1.30. The molecule has 0 aliphatic carbocycles. The monoisotopic (exact) mass is 799 g/mol. The van der Waals surface area contributed by atoms with Crippen LogP contribution in [0.5, 0.6) is 11.5 Å². The lowest BCUT2D eigenvalue weighted by Gasteiger charge is -2.39. The van der Waals surface area contributed by atoms with E-state index in [0.717, 1.165) is 21.6 Å². The second-order valence-electron chi connectivity index (χ2n) is 16.9. The first-order valence-electron chi connectivity index (χ1n) is 24.8. The van der Waals surface area contributed by atoms with E-state index in [4.69, 9.17) is 13.6 Å². The van der Waals surface area contributed by atoms with Crippen molar-refractivity contribution in [2.75, 3.05) is 0 Å². The number of rotatable bonds is 4. The molecule has 2 heterocycles. The zero-order chi connectivity index (χ0) is 49.9. The van der Waals surface area contributed by atoms with Gasteiger partial charge in [-0.25, -0.2) is 0 Å². The van der Waals surface area contributed by atoms with Crippen LogP contribution in [0.4, 0.5) is 0 Å². The van der Waals surface area contributed by atoms with Crippen molar-refractivity contribution in [1.29, 1.82) is 0 Å². The van der Waals surface area contributed by atoms with Gasteiger partial charge in [0.1, 0.15) is 22.7 Å². The Hall–Kier alpha value is -4.38. The van der Waals surface area contributed by atoms with Crippen LogP contribution in [0.15, 0.2) is 119 Å². The van der Waals surface area contributed by atoms with Crippen molar-refractivity contribution >= 4 is 23.5 Å². The molecule has 0 atom stereocenters. The maximum atomic E-state index is 9.35. The smallest absolute Gasteiger partial charge is 0.133 e. The standard InChI is InChI=1S/C53H56O2S2/c1-13-35-29-31-37(34(4)47(35)38-20-18-24-42-48(38)55-50(5,6)41-23-15-17-27-45(41)56-53(42,11)12)36-30-28-32(2)46(33(36)3)39-21-19-25-43-49(39)57-52(9,10)40-22-14-16-26-44(40)54-51(43,7)8/h14-31H,13H2,1-12H3/i2D3,3D3,4D3,13D2. The zero-order valence-electron chi connectivity index (χ0n) is 45.0. The van der Waals surface area contributed by atoms with Gasteiger partial charge in [0.2, 0.25) is 0 Å². The minimum atomic E-state index is -3.01. The predicted molar refractivity (Wildman–Crippen MR) is 244 cm³/mol. The van der Waals surface area contributed by atoms with Gasteiger partial charge in [-0.2, -0.15) is 0 Å². The van der Waals surface area contributed by atoms with Crippen LogP contribution in [-0.2, 0) is 27.1 Å². The van der Waals surface area contributed by atoms with Gasteiger partial charge in [0.05, 0.1) is 0 Å².